The van der Waals surface area contributed by atoms with Gasteiger partial charge in [0.05, 0.1) is 4.47 Å². The summed E-state index contributed by atoms with van der Waals surface area (Å²) in [5.41, 5.74) is 4.52. The number of anilines is 2. The molecular formula is C17H20BrFN2. The Hall–Kier alpha value is -1.55. The Kier molecular flexibility index (Phi) is 4.88. The fourth-order valence-electron chi connectivity index (χ4n) is 2.30. The zero-order valence-electron chi connectivity index (χ0n) is 12.7. The molecule has 0 aliphatic heterocycles. The highest BCUT2D eigenvalue weighted by atomic mass is 79.9. The predicted molar refractivity (Wildman–Crippen MR) is 91.6 cm³/mol. The van der Waals surface area contributed by atoms with E-state index < -0.39 is 0 Å². The molecule has 1 atom stereocenters. The fourth-order valence-corrected chi connectivity index (χ4v) is 2.69. The van der Waals surface area contributed by atoms with Crippen LogP contribution in [-0.4, -0.2) is 14.1 Å². The van der Waals surface area contributed by atoms with Crippen molar-refractivity contribution in [2.45, 2.75) is 19.9 Å². The van der Waals surface area contributed by atoms with Gasteiger partial charge in [0.15, 0.2) is 0 Å². The van der Waals surface area contributed by atoms with Gasteiger partial charge >= 0.3 is 0 Å². The summed E-state index contributed by atoms with van der Waals surface area (Å²) in [6, 6.07) is 11.5. The van der Waals surface area contributed by atoms with Crippen molar-refractivity contribution in [3.05, 3.63) is 57.8 Å². The van der Waals surface area contributed by atoms with Crippen molar-refractivity contribution in [3.8, 4) is 0 Å². The standard InChI is InChI=1S/C17H20BrFN2/c1-11-5-7-14(10-17(11)21(3)4)20-12(2)13-6-8-16(19)15(18)9-13/h5-10,12,20H,1-4H3. The lowest BCUT2D eigenvalue weighted by Crippen LogP contribution is -2.12. The van der Waals surface area contributed by atoms with E-state index in [1.54, 1.807) is 6.07 Å². The number of nitrogens with zero attached hydrogens (tertiary/aromatic N) is 1. The molecule has 0 amide bonds. The summed E-state index contributed by atoms with van der Waals surface area (Å²) in [5.74, 6) is -0.240. The zero-order chi connectivity index (χ0) is 15.6. The van der Waals surface area contributed by atoms with E-state index in [4.69, 9.17) is 0 Å². The van der Waals surface area contributed by atoms with Crippen LogP contribution in [0.5, 0.6) is 0 Å². The highest BCUT2D eigenvalue weighted by molar-refractivity contribution is 9.10. The molecule has 0 aromatic heterocycles. The maximum atomic E-state index is 13.3. The van der Waals surface area contributed by atoms with Gasteiger partial charge in [-0.15, -0.1) is 0 Å². The third-order valence-corrected chi connectivity index (χ3v) is 4.13. The quantitative estimate of drug-likeness (QED) is 0.821. The minimum Gasteiger partial charge on any atom is -0.378 e. The minimum atomic E-state index is -0.240. The largest absolute Gasteiger partial charge is 0.378 e. The molecule has 0 spiro atoms. The third kappa shape index (κ3) is 3.76. The van der Waals surface area contributed by atoms with Crippen LogP contribution in [0.2, 0.25) is 0 Å². The van der Waals surface area contributed by atoms with Crippen LogP contribution in [0, 0.1) is 12.7 Å². The SMILES string of the molecule is Cc1ccc(NC(C)c2ccc(F)c(Br)c2)cc1N(C)C. The molecule has 0 radical (unpaired) electrons. The van der Waals surface area contributed by atoms with E-state index in [1.165, 1.54) is 17.3 Å². The van der Waals surface area contributed by atoms with Gasteiger partial charge in [0, 0.05) is 31.5 Å². The number of benzene rings is 2. The Bertz CT molecular complexity index is 641. The van der Waals surface area contributed by atoms with Gasteiger partial charge in [-0.05, 0) is 65.2 Å². The first kappa shape index (κ1) is 15.8. The van der Waals surface area contributed by atoms with Crippen LogP contribution in [0.1, 0.15) is 24.1 Å². The van der Waals surface area contributed by atoms with Crippen LogP contribution < -0.4 is 10.2 Å². The van der Waals surface area contributed by atoms with Crippen molar-refractivity contribution in [1.29, 1.82) is 0 Å². The van der Waals surface area contributed by atoms with Crippen molar-refractivity contribution in [1.82, 2.24) is 0 Å². The van der Waals surface area contributed by atoms with Gasteiger partial charge in [-0.3, -0.25) is 0 Å². The molecule has 0 aliphatic rings. The van der Waals surface area contributed by atoms with E-state index >= 15 is 0 Å². The summed E-state index contributed by atoms with van der Waals surface area (Å²) in [5, 5.41) is 3.46. The Morgan fingerprint density at radius 1 is 1.14 bits per heavy atom. The molecule has 2 aromatic carbocycles. The van der Waals surface area contributed by atoms with Crippen LogP contribution in [0.3, 0.4) is 0 Å². The average molecular weight is 351 g/mol. The van der Waals surface area contributed by atoms with Crippen LogP contribution >= 0.6 is 15.9 Å². The lowest BCUT2D eigenvalue weighted by Gasteiger charge is -2.20. The van der Waals surface area contributed by atoms with E-state index in [2.05, 4.69) is 58.2 Å². The van der Waals surface area contributed by atoms with Crippen molar-refractivity contribution in [3.63, 3.8) is 0 Å². The minimum absolute atomic E-state index is 0.0969. The van der Waals surface area contributed by atoms with Gasteiger partial charge in [0.2, 0.25) is 0 Å². The summed E-state index contributed by atoms with van der Waals surface area (Å²) in [4.78, 5) is 2.10. The van der Waals surface area contributed by atoms with Gasteiger partial charge < -0.3 is 10.2 Å². The number of rotatable bonds is 4. The molecule has 4 heteroatoms. The van der Waals surface area contributed by atoms with Crippen LogP contribution in [0.25, 0.3) is 0 Å². The Balaban J connectivity index is 2.21. The molecule has 1 N–H and O–H groups in total. The molecule has 0 aliphatic carbocycles. The Morgan fingerprint density at radius 2 is 1.86 bits per heavy atom. The predicted octanol–water partition coefficient (Wildman–Crippen LogP) is 5.14. The molecule has 2 rings (SSSR count). The van der Waals surface area contributed by atoms with Crippen LogP contribution in [0.15, 0.2) is 40.9 Å². The number of nitrogens with one attached hydrogen (secondary N) is 1. The first-order valence-electron chi connectivity index (χ1n) is 6.88. The smallest absolute Gasteiger partial charge is 0.137 e. The van der Waals surface area contributed by atoms with Gasteiger partial charge in [0.1, 0.15) is 5.82 Å². The lowest BCUT2D eigenvalue weighted by molar-refractivity contribution is 0.619. The highest BCUT2D eigenvalue weighted by Crippen LogP contribution is 2.27. The second-order valence-corrected chi connectivity index (χ2v) is 6.29. The van der Waals surface area contributed by atoms with Gasteiger partial charge in [-0.1, -0.05) is 12.1 Å². The summed E-state index contributed by atoms with van der Waals surface area (Å²) in [6.45, 7) is 4.16. The van der Waals surface area contributed by atoms with Crippen molar-refractivity contribution in [2.24, 2.45) is 0 Å². The summed E-state index contributed by atoms with van der Waals surface area (Å²) in [6.07, 6.45) is 0. The van der Waals surface area contributed by atoms with Crippen LogP contribution in [-0.2, 0) is 0 Å². The maximum Gasteiger partial charge on any atom is 0.137 e. The third-order valence-electron chi connectivity index (χ3n) is 3.52. The van der Waals surface area contributed by atoms with Crippen molar-refractivity contribution in [2.75, 3.05) is 24.3 Å². The van der Waals surface area contributed by atoms with E-state index in [0.29, 0.717) is 4.47 Å². The molecule has 21 heavy (non-hydrogen) atoms. The number of halogens is 2. The van der Waals surface area contributed by atoms with Gasteiger partial charge in [-0.2, -0.15) is 0 Å². The molecule has 0 heterocycles. The first-order valence-corrected chi connectivity index (χ1v) is 7.67. The van der Waals surface area contributed by atoms with E-state index in [-0.39, 0.29) is 11.9 Å². The van der Waals surface area contributed by atoms with Crippen LogP contribution in [0.4, 0.5) is 15.8 Å². The van der Waals surface area contributed by atoms with E-state index in [0.717, 1.165) is 11.3 Å². The maximum absolute atomic E-state index is 13.3. The monoisotopic (exact) mass is 350 g/mol. The Morgan fingerprint density at radius 3 is 2.48 bits per heavy atom. The first-order chi connectivity index (χ1) is 9.88. The van der Waals surface area contributed by atoms with Gasteiger partial charge in [-0.25, -0.2) is 4.39 Å². The second-order valence-electron chi connectivity index (χ2n) is 5.44. The van der Waals surface area contributed by atoms with E-state index in [9.17, 15) is 4.39 Å². The highest BCUT2D eigenvalue weighted by Gasteiger charge is 2.09. The Labute approximate surface area is 134 Å². The van der Waals surface area contributed by atoms with Crippen molar-refractivity contribution < 1.29 is 4.39 Å². The number of aryl methyl sites for hydroxylation is 1. The molecule has 0 bridgehead atoms. The van der Waals surface area contributed by atoms with Gasteiger partial charge in [0.25, 0.3) is 0 Å². The summed E-state index contributed by atoms with van der Waals surface area (Å²) < 4.78 is 13.8. The summed E-state index contributed by atoms with van der Waals surface area (Å²) in [7, 11) is 4.07. The second kappa shape index (κ2) is 6.48. The molecule has 2 nitrogen and oxygen atoms in total. The van der Waals surface area contributed by atoms with Crippen molar-refractivity contribution >= 4 is 27.3 Å². The topological polar surface area (TPSA) is 15.3 Å². The molecule has 1 unspecified atom stereocenters. The van der Waals surface area contributed by atoms with E-state index in [1.807, 2.05) is 20.2 Å². The zero-order valence-corrected chi connectivity index (χ0v) is 14.3. The number of hydrogen-bond acceptors (Lipinski definition) is 2. The average Bonchev–Trinajstić information content (AvgIpc) is 2.43. The molecule has 0 fully saturated rings. The normalized spacial score (nSPS) is 12.1. The lowest BCUT2D eigenvalue weighted by atomic mass is 10.1. The molecule has 2 aromatic rings. The fraction of sp³-hybridized carbons (Fsp3) is 0.294. The summed E-state index contributed by atoms with van der Waals surface area (Å²) >= 11 is 3.23. The number of hydrogen-bond donors (Lipinski definition) is 1. The molecule has 0 saturated heterocycles. The molecule has 0 saturated carbocycles. The molecule has 112 valence electrons. The molecular weight excluding hydrogens is 331 g/mol.